The zero-order valence-corrected chi connectivity index (χ0v) is 20.3. The Bertz CT molecular complexity index is 1240. The molecular formula is C25H20F10N2O3. The molecule has 0 bridgehead atoms. The number of fused-ring (bicyclic) bond motifs is 1. The van der Waals surface area contributed by atoms with Gasteiger partial charge in [-0.25, -0.2) is 4.39 Å². The lowest BCUT2D eigenvalue weighted by atomic mass is 9.86. The standard InChI is InChI=1S/C25H20F10N2O3/c1-11(13-6-14(23(27,28)29)8-15(7-13)24(30,31)32)40-18-10-37-19(38)9-17(36-22(39)25(33,34)35)21(37)20(18)12-2-4-16(26)5-3-12/h2-8,11,17-18,20-21H,9-10H2,1H3,(H,36,39)/t11-,17?,18+,20-,21+/m1/s1. The molecule has 1 unspecified atom stereocenters. The molecule has 5 atom stereocenters. The largest absolute Gasteiger partial charge is 0.471 e. The minimum absolute atomic E-state index is 0.0458. The van der Waals surface area contributed by atoms with Crippen LogP contribution in [0.25, 0.3) is 0 Å². The van der Waals surface area contributed by atoms with Gasteiger partial charge in [-0.2, -0.15) is 39.5 Å². The summed E-state index contributed by atoms with van der Waals surface area (Å²) in [5.41, 5.74) is -3.35. The van der Waals surface area contributed by atoms with E-state index in [2.05, 4.69) is 0 Å². The van der Waals surface area contributed by atoms with Gasteiger partial charge in [-0.1, -0.05) is 12.1 Å². The highest BCUT2D eigenvalue weighted by Crippen LogP contribution is 2.44. The normalized spacial score (nSPS) is 24.3. The van der Waals surface area contributed by atoms with Gasteiger partial charge in [0.1, 0.15) is 5.82 Å². The Morgan fingerprint density at radius 1 is 0.950 bits per heavy atom. The first-order chi connectivity index (χ1) is 18.4. The van der Waals surface area contributed by atoms with E-state index >= 15 is 0 Å². The third-order valence-corrected chi connectivity index (χ3v) is 6.92. The lowest BCUT2D eigenvalue weighted by molar-refractivity contribution is -0.174. The SMILES string of the molecule is C[C@@H](O[C@H]1CN2C(=O)CC(NC(=O)C(F)(F)F)[C@H]2[C@@H]1c1ccc(F)cc1)c1cc(C(F)(F)F)cc(C(F)(F)F)c1. The number of carbonyl (C=O) groups excluding carboxylic acids is 2. The summed E-state index contributed by atoms with van der Waals surface area (Å²) >= 11 is 0. The lowest BCUT2D eigenvalue weighted by Crippen LogP contribution is -2.49. The lowest BCUT2D eigenvalue weighted by Gasteiger charge is -2.30. The van der Waals surface area contributed by atoms with Crippen molar-refractivity contribution in [2.75, 3.05) is 6.54 Å². The van der Waals surface area contributed by atoms with Gasteiger partial charge in [0.2, 0.25) is 5.91 Å². The van der Waals surface area contributed by atoms with Crippen LogP contribution in [-0.2, 0) is 26.7 Å². The van der Waals surface area contributed by atoms with Crippen molar-refractivity contribution in [1.29, 1.82) is 0 Å². The van der Waals surface area contributed by atoms with E-state index in [0.717, 1.165) is 17.0 Å². The van der Waals surface area contributed by atoms with E-state index < -0.39 is 89.5 Å². The van der Waals surface area contributed by atoms with Crippen LogP contribution in [0.1, 0.15) is 47.6 Å². The highest BCUT2D eigenvalue weighted by atomic mass is 19.4. The van der Waals surface area contributed by atoms with E-state index in [0.29, 0.717) is 12.1 Å². The summed E-state index contributed by atoms with van der Waals surface area (Å²) in [6.45, 7) is 0.894. The third kappa shape index (κ3) is 6.03. The van der Waals surface area contributed by atoms with Crippen molar-refractivity contribution in [1.82, 2.24) is 10.2 Å². The second-order valence-electron chi connectivity index (χ2n) is 9.55. The highest BCUT2D eigenvalue weighted by molar-refractivity contribution is 5.86. The molecule has 40 heavy (non-hydrogen) atoms. The molecule has 0 aromatic heterocycles. The molecule has 2 aliphatic heterocycles. The first-order valence-corrected chi connectivity index (χ1v) is 11.7. The molecule has 0 aliphatic carbocycles. The number of ether oxygens (including phenoxy) is 1. The van der Waals surface area contributed by atoms with Crippen molar-refractivity contribution in [3.05, 3.63) is 70.5 Å². The van der Waals surface area contributed by atoms with Gasteiger partial charge in [0.25, 0.3) is 0 Å². The number of hydrogen-bond donors (Lipinski definition) is 1. The zero-order valence-electron chi connectivity index (χ0n) is 20.3. The van der Waals surface area contributed by atoms with Crippen molar-refractivity contribution < 1.29 is 58.2 Å². The molecule has 0 saturated carbocycles. The molecule has 0 radical (unpaired) electrons. The molecule has 218 valence electrons. The molecule has 0 spiro atoms. The molecule has 5 nitrogen and oxygen atoms in total. The summed E-state index contributed by atoms with van der Waals surface area (Å²) in [7, 11) is 0. The molecule has 2 amide bonds. The number of carbonyl (C=O) groups is 2. The minimum atomic E-state index is -5.26. The Labute approximate surface area is 220 Å². The molecule has 2 heterocycles. The van der Waals surface area contributed by atoms with Gasteiger partial charge >= 0.3 is 24.4 Å². The molecule has 2 aromatic rings. The van der Waals surface area contributed by atoms with Crippen molar-refractivity contribution in [2.24, 2.45) is 0 Å². The maximum atomic E-state index is 13.6. The summed E-state index contributed by atoms with van der Waals surface area (Å²) in [4.78, 5) is 25.4. The number of nitrogens with zero attached hydrogens (tertiary/aromatic N) is 1. The van der Waals surface area contributed by atoms with Crippen LogP contribution in [0.2, 0.25) is 0 Å². The summed E-state index contributed by atoms with van der Waals surface area (Å²) in [5.74, 6) is -4.63. The summed E-state index contributed by atoms with van der Waals surface area (Å²) < 4.78 is 138. The van der Waals surface area contributed by atoms with E-state index in [1.165, 1.54) is 19.1 Å². The van der Waals surface area contributed by atoms with Crippen LogP contribution in [0.5, 0.6) is 0 Å². The van der Waals surface area contributed by atoms with Crippen LogP contribution in [0.15, 0.2) is 42.5 Å². The molecular weight excluding hydrogens is 566 g/mol. The fourth-order valence-corrected chi connectivity index (χ4v) is 5.17. The van der Waals surface area contributed by atoms with E-state index in [1.54, 1.807) is 5.32 Å². The second kappa shape index (κ2) is 10.2. The third-order valence-electron chi connectivity index (χ3n) is 6.92. The van der Waals surface area contributed by atoms with Crippen LogP contribution in [0.3, 0.4) is 0 Å². The molecule has 4 rings (SSSR count). The first kappa shape index (κ1) is 29.6. The summed E-state index contributed by atoms with van der Waals surface area (Å²) in [6, 6.07) is 3.04. The number of nitrogens with one attached hydrogen (secondary N) is 1. The number of alkyl halides is 9. The molecule has 15 heteroatoms. The number of rotatable bonds is 5. The average molecular weight is 586 g/mol. The van der Waals surface area contributed by atoms with Gasteiger partial charge in [0, 0.05) is 18.9 Å². The van der Waals surface area contributed by atoms with E-state index in [-0.39, 0.29) is 18.2 Å². The number of hydrogen-bond acceptors (Lipinski definition) is 3. The Morgan fingerprint density at radius 3 is 2.00 bits per heavy atom. The van der Waals surface area contributed by atoms with Gasteiger partial charge < -0.3 is 15.0 Å². The van der Waals surface area contributed by atoms with Crippen LogP contribution in [-0.4, -0.2) is 47.6 Å². The van der Waals surface area contributed by atoms with E-state index in [1.807, 2.05) is 0 Å². The fourth-order valence-electron chi connectivity index (χ4n) is 5.17. The Morgan fingerprint density at radius 2 is 1.50 bits per heavy atom. The molecule has 2 aliphatic rings. The van der Waals surface area contributed by atoms with Crippen molar-refractivity contribution >= 4 is 11.8 Å². The van der Waals surface area contributed by atoms with Crippen LogP contribution < -0.4 is 5.32 Å². The van der Waals surface area contributed by atoms with E-state index in [9.17, 15) is 53.5 Å². The molecule has 2 saturated heterocycles. The first-order valence-electron chi connectivity index (χ1n) is 11.7. The topological polar surface area (TPSA) is 58.6 Å². The zero-order chi connectivity index (χ0) is 29.8. The molecule has 1 N–H and O–H groups in total. The Kier molecular flexibility index (Phi) is 7.58. The van der Waals surface area contributed by atoms with E-state index in [4.69, 9.17) is 4.74 Å². The van der Waals surface area contributed by atoms with Gasteiger partial charge in [-0.05, 0) is 48.4 Å². The predicted octanol–water partition coefficient (Wildman–Crippen LogP) is 5.75. The monoisotopic (exact) mass is 586 g/mol. The Hall–Kier alpha value is -3.36. The fraction of sp³-hybridized carbons (Fsp3) is 0.440. The Balaban J connectivity index is 1.70. The predicted molar refractivity (Wildman–Crippen MR) is 117 cm³/mol. The number of amides is 2. The van der Waals surface area contributed by atoms with Crippen LogP contribution in [0, 0.1) is 5.82 Å². The van der Waals surface area contributed by atoms with Gasteiger partial charge in [0.15, 0.2) is 0 Å². The summed E-state index contributed by atoms with van der Waals surface area (Å²) in [5, 5.41) is 1.78. The highest BCUT2D eigenvalue weighted by Gasteiger charge is 2.55. The van der Waals surface area contributed by atoms with Crippen molar-refractivity contribution in [3.8, 4) is 0 Å². The van der Waals surface area contributed by atoms with Gasteiger partial charge in [-0.15, -0.1) is 0 Å². The second-order valence-corrected chi connectivity index (χ2v) is 9.55. The number of halogens is 10. The smallest absolute Gasteiger partial charge is 0.368 e. The maximum absolute atomic E-state index is 13.6. The van der Waals surface area contributed by atoms with Crippen molar-refractivity contribution in [3.63, 3.8) is 0 Å². The molecule has 2 aromatic carbocycles. The molecule has 2 fully saturated rings. The number of benzene rings is 2. The minimum Gasteiger partial charge on any atom is -0.368 e. The van der Waals surface area contributed by atoms with Crippen LogP contribution >= 0.6 is 0 Å². The average Bonchev–Trinajstić information content (AvgIpc) is 3.34. The van der Waals surface area contributed by atoms with Crippen LogP contribution in [0.4, 0.5) is 43.9 Å². The quantitative estimate of drug-likeness (QED) is 0.454. The van der Waals surface area contributed by atoms with Gasteiger partial charge in [0.05, 0.1) is 35.4 Å². The van der Waals surface area contributed by atoms with Gasteiger partial charge in [-0.3, -0.25) is 9.59 Å². The van der Waals surface area contributed by atoms with Crippen molar-refractivity contribution in [2.45, 2.75) is 62.1 Å². The summed E-state index contributed by atoms with van der Waals surface area (Å²) in [6.07, 6.45) is -18.5. The maximum Gasteiger partial charge on any atom is 0.471 e.